The molecule has 7 heteroatoms. The highest BCUT2D eigenvalue weighted by Gasteiger charge is 2.34. The fourth-order valence-corrected chi connectivity index (χ4v) is 3.62. The molecule has 1 heterocycles. The highest BCUT2D eigenvalue weighted by atomic mass is 16.5. The Morgan fingerprint density at radius 1 is 1.00 bits per heavy atom. The Hall–Kier alpha value is -4.39. The van der Waals surface area contributed by atoms with Gasteiger partial charge in [-0.1, -0.05) is 54.6 Å². The number of urea groups is 1. The molecule has 0 unspecified atom stereocenters. The second-order valence-electron chi connectivity index (χ2n) is 7.36. The number of fused-ring (bicyclic) bond motifs is 1. The lowest BCUT2D eigenvalue weighted by Gasteiger charge is -2.25. The molecule has 1 saturated heterocycles. The number of rotatable bonds is 7. The molecule has 3 aromatic carbocycles. The van der Waals surface area contributed by atoms with E-state index in [1.54, 1.807) is 18.2 Å². The fourth-order valence-electron chi connectivity index (χ4n) is 3.62. The summed E-state index contributed by atoms with van der Waals surface area (Å²) in [5, 5.41) is 4.41. The number of benzene rings is 3. The maximum Gasteiger partial charge on any atom is 0.331 e. The van der Waals surface area contributed by atoms with Crippen LogP contribution >= 0.6 is 0 Å². The molecule has 0 aromatic heterocycles. The average Bonchev–Trinajstić information content (AvgIpc) is 2.83. The van der Waals surface area contributed by atoms with Gasteiger partial charge >= 0.3 is 6.03 Å². The number of methoxy groups -OCH3 is 1. The van der Waals surface area contributed by atoms with Crippen LogP contribution in [0, 0.1) is 0 Å². The fraction of sp³-hybridized carbons (Fsp3) is 0.115. The molecular formula is C26H22N2O5. The molecule has 0 bridgehead atoms. The van der Waals surface area contributed by atoms with Gasteiger partial charge in [-0.15, -0.1) is 6.58 Å². The molecule has 3 aromatic rings. The van der Waals surface area contributed by atoms with E-state index in [1.807, 2.05) is 42.5 Å². The van der Waals surface area contributed by atoms with Crippen LogP contribution in [0.25, 0.3) is 16.8 Å². The summed E-state index contributed by atoms with van der Waals surface area (Å²) >= 11 is 0. The standard InChI is InChI=1S/C26H22N2O5/c1-3-13-28-25(30)21(24(29)27-26(28)31)14-17-11-12-22(23(15-17)32-2)33-16-19-9-6-8-18-7-4-5-10-20(18)19/h3-12,14-15H,1,13,16H2,2H3,(H,27,29,31). The van der Waals surface area contributed by atoms with Crippen LogP contribution in [0.1, 0.15) is 11.1 Å². The Labute approximate surface area is 190 Å². The molecule has 0 aliphatic carbocycles. The van der Waals surface area contributed by atoms with E-state index >= 15 is 0 Å². The summed E-state index contributed by atoms with van der Waals surface area (Å²) in [5.74, 6) is -0.456. The largest absolute Gasteiger partial charge is 0.493 e. The molecule has 4 rings (SSSR count). The molecule has 0 radical (unpaired) electrons. The van der Waals surface area contributed by atoms with E-state index in [2.05, 4.69) is 11.9 Å². The first-order valence-electron chi connectivity index (χ1n) is 10.3. The molecule has 166 valence electrons. The van der Waals surface area contributed by atoms with Crippen molar-refractivity contribution in [1.29, 1.82) is 0 Å². The molecule has 0 atom stereocenters. The molecule has 1 fully saturated rings. The van der Waals surface area contributed by atoms with Gasteiger partial charge in [0, 0.05) is 6.54 Å². The second-order valence-corrected chi connectivity index (χ2v) is 7.36. The quantitative estimate of drug-likeness (QED) is 0.339. The number of barbiturate groups is 1. The van der Waals surface area contributed by atoms with Crippen molar-refractivity contribution < 1.29 is 23.9 Å². The van der Waals surface area contributed by atoms with Crippen molar-refractivity contribution in [2.45, 2.75) is 6.61 Å². The van der Waals surface area contributed by atoms with E-state index in [9.17, 15) is 14.4 Å². The first kappa shape index (κ1) is 21.8. The van der Waals surface area contributed by atoms with Gasteiger partial charge in [-0.3, -0.25) is 19.8 Å². The van der Waals surface area contributed by atoms with E-state index in [4.69, 9.17) is 9.47 Å². The molecule has 33 heavy (non-hydrogen) atoms. The highest BCUT2D eigenvalue weighted by molar-refractivity contribution is 6.31. The lowest BCUT2D eigenvalue weighted by Crippen LogP contribution is -2.54. The Balaban J connectivity index is 1.58. The normalized spacial score (nSPS) is 15.0. The Kier molecular flexibility index (Phi) is 6.22. The van der Waals surface area contributed by atoms with Crippen molar-refractivity contribution in [3.63, 3.8) is 0 Å². The minimum atomic E-state index is -0.767. The van der Waals surface area contributed by atoms with Gasteiger partial charge in [0.05, 0.1) is 7.11 Å². The number of carbonyl (C=O) groups is 3. The van der Waals surface area contributed by atoms with Crippen molar-refractivity contribution in [2.75, 3.05) is 13.7 Å². The van der Waals surface area contributed by atoms with Crippen LogP contribution in [-0.4, -0.2) is 36.4 Å². The minimum Gasteiger partial charge on any atom is -0.493 e. The predicted octanol–water partition coefficient (Wildman–Crippen LogP) is 4.08. The van der Waals surface area contributed by atoms with Crippen LogP contribution in [0.2, 0.25) is 0 Å². The Morgan fingerprint density at radius 3 is 2.58 bits per heavy atom. The average molecular weight is 442 g/mol. The molecule has 4 amide bonds. The summed E-state index contributed by atoms with van der Waals surface area (Å²) in [6, 6.07) is 18.5. The maximum atomic E-state index is 12.6. The third-order valence-corrected chi connectivity index (χ3v) is 5.26. The number of carbonyl (C=O) groups excluding carboxylic acids is 3. The van der Waals surface area contributed by atoms with Gasteiger partial charge in [0.15, 0.2) is 11.5 Å². The maximum absolute atomic E-state index is 12.6. The zero-order valence-corrected chi connectivity index (χ0v) is 18.0. The van der Waals surface area contributed by atoms with Gasteiger partial charge in [0.2, 0.25) is 0 Å². The number of amides is 4. The van der Waals surface area contributed by atoms with Crippen molar-refractivity contribution in [1.82, 2.24) is 10.2 Å². The van der Waals surface area contributed by atoms with Gasteiger partial charge in [0.25, 0.3) is 11.8 Å². The molecule has 7 nitrogen and oxygen atoms in total. The summed E-state index contributed by atoms with van der Waals surface area (Å²) in [5.41, 5.74) is 1.44. The summed E-state index contributed by atoms with van der Waals surface area (Å²) in [4.78, 5) is 37.6. The predicted molar refractivity (Wildman–Crippen MR) is 125 cm³/mol. The lowest BCUT2D eigenvalue weighted by atomic mass is 10.1. The molecule has 1 N–H and O–H groups in total. The third-order valence-electron chi connectivity index (χ3n) is 5.26. The van der Waals surface area contributed by atoms with Gasteiger partial charge in [-0.2, -0.15) is 0 Å². The van der Waals surface area contributed by atoms with E-state index in [1.165, 1.54) is 19.3 Å². The number of nitrogens with one attached hydrogen (secondary N) is 1. The van der Waals surface area contributed by atoms with Crippen LogP contribution in [0.4, 0.5) is 4.79 Å². The summed E-state index contributed by atoms with van der Waals surface area (Å²) in [6.07, 6.45) is 2.83. The number of imide groups is 2. The first-order valence-corrected chi connectivity index (χ1v) is 10.3. The van der Waals surface area contributed by atoms with Gasteiger partial charge in [0.1, 0.15) is 12.2 Å². The summed E-state index contributed by atoms with van der Waals surface area (Å²) < 4.78 is 11.5. The zero-order valence-electron chi connectivity index (χ0n) is 18.0. The number of ether oxygens (including phenoxy) is 2. The SMILES string of the molecule is C=CCN1C(=O)NC(=O)C(=Cc2ccc(OCc3cccc4ccccc34)c(OC)c2)C1=O. The van der Waals surface area contributed by atoms with E-state index < -0.39 is 17.8 Å². The highest BCUT2D eigenvalue weighted by Crippen LogP contribution is 2.31. The topological polar surface area (TPSA) is 84.9 Å². The molecule has 1 aliphatic rings. The molecule has 1 aliphatic heterocycles. The third kappa shape index (κ3) is 4.48. The van der Waals surface area contributed by atoms with Crippen LogP contribution in [0.5, 0.6) is 11.5 Å². The number of hydrogen-bond acceptors (Lipinski definition) is 5. The minimum absolute atomic E-state index is 0.000443. The van der Waals surface area contributed by atoms with Gasteiger partial charge in [-0.25, -0.2) is 4.79 Å². The van der Waals surface area contributed by atoms with Crippen molar-refractivity contribution in [3.8, 4) is 11.5 Å². The molecule has 0 saturated carbocycles. The first-order chi connectivity index (χ1) is 16.0. The van der Waals surface area contributed by atoms with Crippen LogP contribution in [-0.2, 0) is 16.2 Å². The van der Waals surface area contributed by atoms with Crippen LogP contribution in [0.15, 0.2) is 78.9 Å². The molecular weight excluding hydrogens is 420 g/mol. The van der Waals surface area contributed by atoms with Crippen LogP contribution < -0.4 is 14.8 Å². The number of hydrogen-bond donors (Lipinski definition) is 1. The van der Waals surface area contributed by atoms with E-state index in [0.29, 0.717) is 23.7 Å². The lowest BCUT2D eigenvalue weighted by molar-refractivity contribution is -0.129. The van der Waals surface area contributed by atoms with Gasteiger partial charge < -0.3 is 9.47 Å². The van der Waals surface area contributed by atoms with Crippen molar-refractivity contribution in [2.24, 2.45) is 0 Å². The Morgan fingerprint density at radius 2 is 1.79 bits per heavy atom. The van der Waals surface area contributed by atoms with E-state index in [-0.39, 0.29) is 12.1 Å². The second kappa shape index (κ2) is 9.40. The smallest absolute Gasteiger partial charge is 0.331 e. The van der Waals surface area contributed by atoms with Gasteiger partial charge in [-0.05, 0) is 40.1 Å². The van der Waals surface area contributed by atoms with Crippen molar-refractivity contribution >= 4 is 34.7 Å². The zero-order chi connectivity index (χ0) is 23.4. The summed E-state index contributed by atoms with van der Waals surface area (Å²) in [6.45, 7) is 3.88. The van der Waals surface area contributed by atoms with E-state index in [0.717, 1.165) is 21.2 Å². The number of nitrogens with zero attached hydrogens (tertiary/aromatic N) is 1. The molecule has 0 spiro atoms. The monoisotopic (exact) mass is 442 g/mol. The van der Waals surface area contributed by atoms with Crippen molar-refractivity contribution in [3.05, 3.63) is 90.0 Å². The summed E-state index contributed by atoms with van der Waals surface area (Å²) in [7, 11) is 1.51. The van der Waals surface area contributed by atoms with Crippen LogP contribution in [0.3, 0.4) is 0 Å². The Bertz CT molecular complexity index is 1290.